The zero-order valence-corrected chi connectivity index (χ0v) is 10.7. The molecule has 1 unspecified atom stereocenters. The van der Waals surface area contributed by atoms with Crippen molar-refractivity contribution < 1.29 is 9.32 Å². The minimum atomic E-state index is -0.0908. The zero-order valence-electron chi connectivity index (χ0n) is 10.7. The summed E-state index contributed by atoms with van der Waals surface area (Å²) in [4.78, 5) is 18.4. The van der Waals surface area contributed by atoms with Crippen molar-refractivity contribution >= 4 is 5.91 Å². The van der Waals surface area contributed by atoms with Crippen molar-refractivity contribution in [3.63, 3.8) is 0 Å². The van der Waals surface area contributed by atoms with Gasteiger partial charge in [0, 0.05) is 25.0 Å². The van der Waals surface area contributed by atoms with Crippen LogP contribution < -0.4 is 0 Å². The molecule has 5 nitrogen and oxygen atoms in total. The van der Waals surface area contributed by atoms with Gasteiger partial charge < -0.3 is 9.42 Å². The van der Waals surface area contributed by atoms with Crippen LogP contribution in [0, 0.1) is 6.92 Å². The van der Waals surface area contributed by atoms with E-state index >= 15 is 0 Å². The first-order valence-electron chi connectivity index (χ1n) is 6.40. The first-order valence-corrected chi connectivity index (χ1v) is 6.40. The van der Waals surface area contributed by atoms with Crippen LogP contribution in [0.4, 0.5) is 0 Å². The van der Waals surface area contributed by atoms with Crippen molar-refractivity contribution in [2.24, 2.45) is 0 Å². The van der Waals surface area contributed by atoms with Crippen molar-refractivity contribution in [2.75, 3.05) is 6.54 Å². The van der Waals surface area contributed by atoms with E-state index in [4.69, 9.17) is 4.52 Å². The summed E-state index contributed by atoms with van der Waals surface area (Å²) in [7, 11) is 0. The largest absolute Gasteiger partial charge is 0.351 e. The molecule has 1 amide bonds. The van der Waals surface area contributed by atoms with Crippen molar-refractivity contribution in [3.05, 3.63) is 47.6 Å². The fourth-order valence-corrected chi connectivity index (χ4v) is 2.54. The number of pyridine rings is 1. The van der Waals surface area contributed by atoms with E-state index < -0.39 is 0 Å². The van der Waals surface area contributed by atoms with Crippen LogP contribution in [0.15, 0.2) is 35.1 Å². The van der Waals surface area contributed by atoms with Crippen LogP contribution in [0.25, 0.3) is 0 Å². The predicted molar refractivity (Wildman–Crippen MR) is 68.5 cm³/mol. The molecular formula is C14H15N3O2. The molecule has 19 heavy (non-hydrogen) atoms. The summed E-state index contributed by atoms with van der Waals surface area (Å²) in [6.07, 6.45) is 5.52. The molecule has 0 aliphatic carbocycles. The van der Waals surface area contributed by atoms with E-state index in [9.17, 15) is 4.79 Å². The van der Waals surface area contributed by atoms with Gasteiger partial charge in [0.05, 0.1) is 11.7 Å². The highest BCUT2D eigenvalue weighted by molar-refractivity contribution is 5.92. The fraction of sp³-hybridized carbons (Fsp3) is 0.357. The molecule has 1 atom stereocenters. The maximum atomic E-state index is 12.4. The lowest BCUT2D eigenvalue weighted by Crippen LogP contribution is -2.30. The third kappa shape index (κ3) is 2.23. The lowest BCUT2D eigenvalue weighted by atomic mass is 10.1. The van der Waals surface area contributed by atoms with Gasteiger partial charge in [0.25, 0.3) is 5.91 Å². The molecule has 2 aromatic heterocycles. The highest BCUT2D eigenvalue weighted by Gasteiger charge is 2.32. The quantitative estimate of drug-likeness (QED) is 0.828. The lowest BCUT2D eigenvalue weighted by Gasteiger charge is -2.23. The van der Waals surface area contributed by atoms with Crippen LogP contribution in [0.5, 0.6) is 0 Å². The Labute approximate surface area is 111 Å². The van der Waals surface area contributed by atoms with Crippen molar-refractivity contribution in [2.45, 2.75) is 25.8 Å². The molecular weight excluding hydrogens is 242 g/mol. The van der Waals surface area contributed by atoms with Gasteiger partial charge in [-0.05, 0) is 31.4 Å². The molecule has 2 aromatic rings. The standard InChI is InChI=1S/C14H15N3O2/c1-10-8-13(19-16-10)14(18)17-7-3-5-12(17)11-4-2-6-15-9-11/h2,4,6,8-9,12H,3,5,7H2,1H3. The summed E-state index contributed by atoms with van der Waals surface area (Å²) in [5.41, 5.74) is 1.80. The smallest absolute Gasteiger partial charge is 0.292 e. The van der Waals surface area contributed by atoms with Gasteiger partial charge >= 0.3 is 0 Å². The Bertz CT molecular complexity index is 579. The third-order valence-electron chi connectivity index (χ3n) is 3.42. The molecule has 5 heteroatoms. The molecule has 3 rings (SSSR count). The first kappa shape index (κ1) is 11.9. The van der Waals surface area contributed by atoms with Gasteiger partial charge in [-0.25, -0.2) is 0 Å². The number of hydrogen-bond acceptors (Lipinski definition) is 4. The third-order valence-corrected chi connectivity index (χ3v) is 3.42. The summed E-state index contributed by atoms with van der Waals surface area (Å²) in [6.45, 7) is 2.56. The number of likely N-dealkylation sites (tertiary alicyclic amines) is 1. The highest BCUT2D eigenvalue weighted by Crippen LogP contribution is 2.32. The Morgan fingerprint density at radius 3 is 3.11 bits per heavy atom. The molecule has 1 aliphatic rings. The van der Waals surface area contributed by atoms with Crippen LogP contribution in [-0.2, 0) is 0 Å². The topological polar surface area (TPSA) is 59.2 Å². The van der Waals surface area contributed by atoms with Gasteiger partial charge in [0.15, 0.2) is 0 Å². The maximum absolute atomic E-state index is 12.4. The second kappa shape index (κ2) is 4.84. The Hall–Kier alpha value is -2.17. The molecule has 1 saturated heterocycles. The van der Waals surface area contributed by atoms with Crippen molar-refractivity contribution in [1.82, 2.24) is 15.0 Å². The molecule has 0 aromatic carbocycles. The average Bonchev–Trinajstić information content (AvgIpc) is 3.07. The lowest BCUT2D eigenvalue weighted by molar-refractivity contribution is 0.0693. The number of aryl methyl sites for hydroxylation is 1. The Balaban J connectivity index is 1.86. The maximum Gasteiger partial charge on any atom is 0.292 e. The summed E-state index contributed by atoms with van der Waals surface area (Å²) in [5.74, 6) is 0.222. The van der Waals surface area contributed by atoms with E-state index in [0.29, 0.717) is 5.76 Å². The van der Waals surface area contributed by atoms with E-state index in [1.54, 1.807) is 12.3 Å². The molecule has 0 bridgehead atoms. The Morgan fingerprint density at radius 2 is 2.42 bits per heavy atom. The summed E-state index contributed by atoms with van der Waals surface area (Å²) < 4.78 is 5.07. The van der Waals surface area contributed by atoms with Crippen LogP contribution in [0.3, 0.4) is 0 Å². The molecule has 0 radical (unpaired) electrons. The molecule has 3 heterocycles. The minimum absolute atomic E-state index is 0.0895. The van der Waals surface area contributed by atoms with E-state index in [2.05, 4.69) is 10.1 Å². The van der Waals surface area contributed by atoms with E-state index in [1.165, 1.54) is 0 Å². The van der Waals surface area contributed by atoms with Crippen LogP contribution in [0.1, 0.15) is 40.7 Å². The van der Waals surface area contributed by atoms with Gasteiger partial charge in [0.2, 0.25) is 5.76 Å². The van der Waals surface area contributed by atoms with Gasteiger partial charge in [-0.2, -0.15) is 0 Å². The zero-order chi connectivity index (χ0) is 13.2. The minimum Gasteiger partial charge on any atom is -0.351 e. The number of hydrogen-bond donors (Lipinski definition) is 0. The molecule has 1 aliphatic heterocycles. The van der Waals surface area contributed by atoms with Crippen LogP contribution >= 0.6 is 0 Å². The van der Waals surface area contributed by atoms with E-state index in [1.807, 2.05) is 30.2 Å². The first-order chi connectivity index (χ1) is 9.25. The predicted octanol–water partition coefficient (Wildman–Crippen LogP) is 2.36. The summed E-state index contributed by atoms with van der Waals surface area (Å²) in [5, 5.41) is 3.77. The van der Waals surface area contributed by atoms with Crippen molar-refractivity contribution in [3.8, 4) is 0 Å². The fourth-order valence-electron chi connectivity index (χ4n) is 2.54. The molecule has 0 saturated carbocycles. The number of rotatable bonds is 2. The monoisotopic (exact) mass is 257 g/mol. The van der Waals surface area contributed by atoms with E-state index in [-0.39, 0.29) is 11.9 Å². The van der Waals surface area contributed by atoms with Gasteiger partial charge in [-0.3, -0.25) is 9.78 Å². The number of carbonyl (C=O) groups excluding carboxylic acids is 1. The van der Waals surface area contributed by atoms with Gasteiger partial charge in [0.1, 0.15) is 0 Å². The summed E-state index contributed by atoms with van der Waals surface area (Å²) >= 11 is 0. The average molecular weight is 257 g/mol. The molecule has 98 valence electrons. The second-order valence-electron chi connectivity index (χ2n) is 4.78. The molecule has 0 N–H and O–H groups in total. The van der Waals surface area contributed by atoms with E-state index in [0.717, 1.165) is 30.6 Å². The molecule has 1 fully saturated rings. The summed E-state index contributed by atoms with van der Waals surface area (Å²) in [6, 6.07) is 5.68. The molecule has 0 spiro atoms. The number of nitrogens with zero attached hydrogens (tertiary/aromatic N) is 3. The van der Waals surface area contributed by atoms with Crippen LogP contribution in [-0.4, -0.2) is 27.5 Å². The normalized spacial score (nSPS) is 18.8. The van der Waals surface area contributed by atoms with Gasteiger partial charge in [-0.1, -0.05) is 11.2 Å². The van der Waals surface area contributed by atoms with Crippen molar-refractivity contribution in [1.29, 1.82) is 0 Å². The van der Waals surface area contributed by atoms with Crippen LogP contribution in [0.2, 0.25) is 0 Å². The highest BCUT2D eigenvalue weighted by atomic mass is 16.5. The second-order valence-corrected chi connectivity index (χ2v) is 4.78. The Kier molecular flexibility index (Phi) is 3.03. The SMILES string of the molecule is Cc1cc(C(=O)N2CCCC2c2cccnc2)on1. The Morgan fingerprint density at radius 1 is 1.53 bits per heavy atom. The number of carbonyl (C=O) groups is 1. The number of amides is 1. The van der Waals surface area contributed by atoms with Gasteiger partial charge in [-0.15, -0.1) is 0 Å². The number of aromatic nitrogens is 2.